The average molecular weight is 320 g/mol. The first-order valence-electron chi connectivity index (χ1n) is 8.01. The maximum Gasteiger partial charge on any atom is 0.255 e. The van der Waals surface area contributed by atoms with Crippen molar-refractivity contribution in [2.24, 2.45) is 0 Å². The van der Waals surface area contributed by atoms with E-state index in [9.17, 15) is 4.79 Å². The van der Waals surface area contributed by atoms with Gasteiger partial charge in [0.2, 0.25) is 0 Å². The van der Waals surface area contributed by atoms with Gasteiger partial charge in [-0.3, -0.25) is 9.78 Å². The molecule has 0 bridgehead atoms. The summed E-state index contributed by atoms with van der Waals surface area (Å²) in [6.45, 7) is 4.38. The molecule has 0 unspecified atom stereocenters. The minimum Gasteiger partial charge on any atom is -0.348 e. The van der Waals surface area contributed by atoms with Crippen LogP contribution in [0.1, 0.15) is 34.2 Å². The summed E-state index contributed by atoms with van der Waals surface area (Å²) < 4.78 is 1.86. The summed E-state index contributed by atoms with van der Waals surface area (Å²) in [4.78, 5) is 16.7. The lowest BCUT2D eigenvalue weighted by atomic mass is 10.1. The Morgan fingerprint density at radius 1 is 1.12 bits per heavy atom. The highest BCUT2D eigenvalue weighted by Gasteiger charge is 2.20. The molecule has 0 saturated heterocycles. The molecule has 1 aromatic carbocycles. The number of amides is 1. The SMILES string of the molecule is CCc1c(C(=O)NCc2ccncc2)c(C)nn1-c1ccccc1. The standard InChI is InChI=1S/C19H20N4O/c1-3-17-18(19(24)21-13-15-9-11-20-12-10-15)14(2)22-23(17)16-7-5-4-6-8-16/h4-12H,3,13H2,1-2H3,(H,21,24). The number of aryl methyl sites for hydroxylation is 1. The van der Waals surface area contributed by atoms with Crippen LogP contribution in [0.4, 0.5) is 0 Å². The number of nitrogens with zero attached hydrogens (tertiary/aromatic N) is 3. The minimum absolute atomic E-state index is 0.0941. The predicted octanol–water partition coefficient (Wildman–Crippen LogP) is 3.07. The Morgan fingerprint density at radius 2 is 1.83 bits per heavy atom. The zero-order valence-corrected chi connectivity index (χ0v) is 13.9. The van der Waals surface area contributed by atoms with Crippen molar-refractivity contribution < 1.29 is 4.79 Å². The van der Waals surface area contributed by atoms with Gasteiger partial charge in [0.1, 0.15) is 0 Å². The highest BCUT2D eigenvalue weighted by atomic mass is 16.1. The summed E-state index contributed by atoms with van der Waals surface area (Å²) in [5.41, 5.74) is 4.31. The molecule has 0 aliphatic rings. The summed E-state index contributed by atoms with van der Waals surface area (Å²) >= 11 is 0. The van der Waals surface area contributed by atoms with Crippen molar-refractivity contribution in [3.05, 3.63) is 77.4 Å². The maximum atomic E-state index is 12.7. The van der Waals surface area contributed by atoms with E-state index in [-0.39, 0.29) is 5.91 Å². The topological polar surface area (TPSA) is 59.8 Å². The Hall–Kier alpha value is -2.95. The van der Waals surface area contributed by atoms with E-state index in [1.165, 1.54) is 0 Å². The van der Waals surface area contributed by atoms with Gasteiger partial charge in [0, 0.05) is 18.9 Å². The molecule has 2 aromatic heterocycles. The Kier molecular flexibility index (Phi) is 4.70. The van der Waals surface area contributed by atoms with E-state index in [0.717, 1.165) is 29.1 Å². The van der Waals surface area contributed by atoms with Gasteiger partial charge in [-0.05, 0) is 43.2 Å². The Balaban J connectivity index is 1.87. The molecule has 5 heteroatoms. The van der Waals surface area contributed by atoms with Gasteiger partial charge in [0.05, 0.1) is 22.6 Å². The lowest BCUT2D eigenvalue weighted by Crippen LogP contribution is -2.24. The van der Waals surface area contributed by atoms with E-state index in [0.29, 0.717) is 12.1 Å². The molecule has 0 radical (unpaired) electrons. The quantitative estimate of drug-likeness (QED) is 0.786. The zero-order chi connectivity index (χ0) is 16.9. The second kappa shape index (κ2) is 7.08. The third kappa shape index (κ3) is 3.20. The predicted molar refractivity (Wildman–Crippen MR) is 93.1 cm³/mol. The van der Waals surface area contributed by atoms with Crippen molar-refractivity contribution in [2.45, 2.75) is 26.8 Å². The lowest BCUT2D eigenvalue weighted by molar-refractivity contribution is 0.0949. The van der Waals surface area contributed by atoms with Crippen molar-refractivity contribution in [1.29, 1.82) is 0 Å². The molecule has 0 spiro atoms. The van der Waals surface area contributed by atoms with E-state index in [2.05, 4.69) is 15.4 Å². The van der Waals surface area contributed by atoms with Crippen LogP contribution in [-0.4, -0.2) is 20.7 Å². The van der Waals surface area contributed by atoms with Crippen molar-refractivity contribution in [2.75, 3.05) is 0 Å². The van der Waals surface area contributed by atoms with Crippen LogP contribution < -0.4 is 5.32 Å². The molecule has 5 nitrogen and oxygen atoms in total. The van der Waals surface area contributed by atoms with Gasteiger partial charge in [0.25, 0.3) is 5.91 Å². The fraction of sp³-hybridized carbons (Fsp3) is 0.211. The first-order valence-corrected chi connectivity index (χ1v) is 8.01. The largest absolute Gasteiger partial charge is 0.348 e. The van der Waals surface area contributed by atoms with E-state index < -0.39 is 0 Å². The van der Waals surface area contributed by atoms with Crippen molar-refractivity contribution in [3.63, 3.8) is 0 Å². The molecule has 24 heavy (non-hydrogen) atoms. The number of nitrogens with one attached hydrogen (secondary N) is 1. The molecular weight excluding hydrogens is 300 g/mol. The van der Waals surface area contributed by atoms with Crippen LogP contribution in [0.3, 0.4) is 0 Å². The smallest absolute Gasteiger partial charge is 0.255 e. The second-order valence-electron chi connectivity index (χ2n) is 5.55. The van der Waals surface area contributed by atoms with Crippen LogP contribution in [0.5, 0.6) is 0 Å². The highest BCUT2D eigenvalue weighted by molar-refractivity contribution is 5.96. The number of hydrogen-bond acceptors (Lipinski definition) is 3. The van der Waals surface area contributed by atoms with Crippen molar-refractivity contribution >= 4 is 5.91 Å². The molecule has 3 rings (SSSR count). The number of pyridine rings is 1. The van der Waals surface area contributed by atoms with Crippen LogP contribution in [0.2, 0.25) is 0 Å². The highest BCUT2D eigenvalue weighted by Crippen LogP contribution is 2.19. The molecule has 0 aliphatic carbocycles. The fourth-order valence-corrected chi connectivity index (χ4v) is 2.75. The fourth-order valence-electron chi connectivity index (χ4n) is 2.75. The lowest BCUT2D eigenvalue weighted by Gasteiger charge is -2.08. The molecule has 0 atom stereocenters. The van der Waals surface area contributed by atoms with E-state index in [1.807, 2.05) is 61.0 Å². The first kappa shape index (κ1) is 15.9. The number of carbonyl (C=O) groups is 1. The van der Waals surface area contributed by atoms with Gasteiger partial charge in [-0.2, -0.15) is 5.10 Å². The molecule has 1 N–H and O–H groups in total. The van der Waals surface area contributed by atoms with Gasteiger partial charge in [-0.1, -0.05) is 25.1 Å². The van der Waals surface area contributed by atoms with Crippen molar-refractivity contribution in [3.8, 4) is 5.69 Å². The maximum absolute atomic E-state index is 12.7. The summed E-state index contributed by atoms with van der Waals surface area (Å²) in [5, 5.41) is 7.55. The summed E-state index contributed by atoms with van der Waals surface area (Å²) in [5.74, 6) is -0.0941. The Labute approximate surface area is 141 Å². The number of aromatic nitrogens is 3. The van der Waals surface area contributed by atoms with Crippen LogP contribution in [0, 0.1) is 6.92 Å². The minimum atomic E-state index is -0.0941. The van der Waals surface area contributed by atoms with E-state index in [4.69, 9.17) is 0 Å². The molecule has 0 fully saturated rings. The molecule has 0 saturated carbocycles. The average Bonchev–Trinajstić information content (AvgIpc) is 2.97. The number of rotatable bonds is 5. The van der Waals surface area contributed by atoms with Gasteiger partial charge in [0.15, 0.2) is 0 Å². The van der Waals surface area contributed by atoms with Crippen LogP contribution in [0.15, 0.2) is 54.9 Å². The summed E-state index contributed by atoms with van der Waals surface area (Å²) in [6, 6.07) is 13.7. The number of hydrogen-bond donors (Lipinski definition) is 1. The van der Waals surface area contributed by atoms with Crippen LogP contribution in [-0.2, 0) is 13.0 Å². The monoisotopic (exact) mass is 320 g/mol. The Bertz CT molecular complexity index is 825. The number of carbonyl (C=O) groups excluding carboxylic acids is 1. The molecule has 2 heterocycles. The van der Waals surface area contributed by atoms with E-state index >= 15 is 0 Å². The third-order valence-electron chi connectivity index (χ3n) is 3.92. The molecule has 1 amide bonds. The van der Waals surface area contributed by atoms with Crippen LogP contribution >= 0.6 is 0 Å². The summed E-state index contributed by atoms with van der Waals surface area (Å²) in [7, 11) is 0. The van der Waals surface area contributed by atoms with Gasteiger partial charge in [-0.15, -0.1) is 0 Å². The van der Waals surface area contributed by atoms with Crippen LogP contribution in [0.25, 0.3) is 5.69 Å². The normalized spacial score (nSPS) is 10.6. The third-order valence-corrected chi connectivity index (χ3v) is 3.92. The first-order chi connectivity index (χ1) is 11.7. The van der Waals surface area contributed by atoms with Crippen molar-refractivity contribution in [1.82, 2.24) is 20.1 Å². The second-order valence-corrected chi connectivity index (χ2v) is 5.55. The van der Waals surface area contributed by atoms with Gasteiger partial charge in [-0.25, -0.2) is 4.68 Å². The molecule has 122 valence electrons. The van der Waals surface area contributed by atoms with Gasteiger partial charge >= 0.3 is 0 Å². The Morgan fingerprint density at radius 3 is 2.50 bits per heavy atom. The van der Waals surface area contributed by atoms with Gasteiger partial charge < -0.3 is 5.32 Å². The number of para-hydroxylation sites is 1. The molecular formula is C19H20N4O. The number of benzene rings is 1. The zero-order valence-electron chi connectivity index (χ0n) is 13.9. The molecule has 0 aliphatic heterocycles. The molecule has 3 aromatic rings. The summed E-state index contributed by atoms with van der Waals surface area (Å²) in [6.07, 6.45) is 4.17. The van der Waals surface area contributed by atoms with E-state index in [1.54, 1.807) is 12.4 Å².